The van der Waals surface area contributed by atoms with Crippen LogP contribution >= 0.6 is 0 Å². The van der Waals surface area contributed by atoms with Gasteiger partial charge >= 0.3 is 17.6 Å². The minimum absolute atomic E-state index is 0.225. The van der Waals surface area contributed by atoms with Gasteiger partial charge in [0.1, 0.15) is 6.42 Å². The normalized spacial score (nSPS) is 15.1. The Balaban J connectivity index is 1.67. The van der Waals surface area contributed by atoms with E-state index in [0.29, 0.717) is 24.2 Å². The SMILES string of the molecule is CCC1(CCc2cccc(-n3c(=O)cc(O)n(-c4ccccc4)c3=O)c2)OC(=O)CC(=O)O1. The smallest absolute Gasteiger partial charge is 0.343 e. The van der Waals surface area contributed by atoms with Gasteiger partial charge in [0.05, 0.1) is 17.4 Å². The Labute approximate surface area is 188 Å². The first-order chi connectivity index (χ1) is 15.8. The molecule has 0 amide bonds. The van der Waals surface area contributed by atoms with Crippen molar-refractivity contribution >= 4 is 11.9 Å². The molecule has 2 heterocycles. The second-order valence-electron chi connectivity index (χ2n) is 7.69. The van der Waals surface area contributed by atoms with E-state index in [1.807, 2.05) is 0 Å². The highest BCUT2D eigenvalue weighted by molar-refractivity contribution is 5.93. The zero-order valence-electron chi connectivity index (χ0n) is 17.9. The van der Waals surface area contributed by atoms with Crippen molar-refractivity contribution in [2.45, 2.75) is 38.4 Å². The molecule has 3 aromatic rings. The highest BCUT2D eigenvalue weighted by atomic mass is 16.7. The molecule has 1 fully saturated rings. The number of hydrogen-bond donors (Lipinski definition) is 1. The van der Waals surface area contributed by atoms with Crippen molar-refractivity contribution in [1.29, 1.82) is 0 Å². The fourth-order valence-corrected chi connectivity index (χ4v) is 3.82. The van der Waals surface area contributed by atoms with Crippen LogP contribution in [-0.4, -0.2) is 32.0 Å². The molecule has 1 aliphatic rings. The average Bonchev–Trinajstić information content (AvgIpc) is 2.78. The first-order valence-corrected chi connectivity index (χ1v) is 10.5. The molecule has 170 valence electrons. The van der Waals surface area contributed by atoms with Gasteiger partial charge in [-0.2, -0.15) is 0 Å². The number of rotatable bonds is 6. The van der Waals surface area contributed by atoms with Crippen molar-refractivity contribution in [2.24, 2.45) is 0 Å². The van der Waals surface area contributed by atoms with Crippen LogP contribution in [-0.2, 0) is 25.5 Å². The largest absolute Gasteiger partial charge is 0.494 e. The Hall–Kier alpha value is -4.14. The lowest BCUT2D eigenvalue weighted by Gasteiger charge is -2.35. The molecule has 1 saturated heterocycles. The molecule has 0 atom stereocenters. The van der Waals surface area contributed by atoms with Crippen molar-refractivity contribution < 1.29 is 24.2 Å². The van der Waals surface area contributed by atoms with Gasteiger partial charge in [-0.3, -0.25) is 14.4 Å². The number of esters is 2. The van der Waals surface area contributed by atoms with E-state index in [1.54, 1.807) is 61.5 Å². The van der Waals surface area contributed by atoms with Gasteiger partial charge in [-0.05, 0) is 36.2 Å². The Bertz CT molecular complexity index is 1310. The highest BCUT2D eigenvalue weighted by Gasteiger charge is 2.41. The lowest BCUT2D eigenvalue weighted by Crippen LogP contribution is -2.45. The highest BCUT2D eigenvalue weighted by Crippen LogP contribution is 2.29. The first-order valence-electron chi connectivity index (χ1n) is 10.5. The summed E-state index contributed by atoms with van der Waals surface area (Å²) < 4.78 is 12.7. The summed E-state index contributed by atoms with van der Waals surface area (Å²) in [5.41, 5.74) is 0.0697. The van der Waals surface area contributed by atoms with Gasteiger partial charge in [-0.1, -0.05) is 37.3 Å². The fourth-order valence-electron chi connectivity index (χ4n) is 3.82. The minimum Gasteiger partial charge on any atom is -0.494 e. The van der Waals surface area contributed by atoms with E-state index in [2.05, 4.69) is 0 Å². The number of aromatic hydroxyl groups is 1. The summed E-state index contributed by atoms with van der Waals surface area (Å²) >= 11 is 0. The van der Waals surface area contributed by atoms with Crippen LogP contribution in [0, 0.1) is 0 Å². The molecule has 4 rings (SSSR count). The number of aryl methyl sites for hydroxylation is 1. The van der Waals surface area contributed by atoms with Crippen LogP contribution in [0.1, 0.15) is 31.7 Å². The quantitative estimate of drug-likeness (QED) is 0.452. The van der Waals surface area contributed by atoms with Crippen LogP contribution in [0.25, 0.3) is 11.4 Å². The molecule has 0 spiro atoms. The standard InChI is InChI=1S/C24H22N2O7/c1-2-24(32-21(29)15-22(30)33-24)12-11-16-7-6-10-18(13-16)26-20(28)14-19(27)25(23(26)31)17-8-4-3-5-9-17/h3-10,13-14,27H,2,11-12,15H2,1H3. The lowest BCUT2D eigenvalue weighted by atomic mass is 10.0. The summed E-state index contributed by atoms with van der Waals surface area (Å²) in [5, 5.41) is 10.2. The molecular weight excluding hydrogens is 428 g/mol. The molecule has 0 unspecified atom stereocenters. The fraction of sp³-hybridized carbons (Fsp3) is 0.250. The number of hydrogen-bond acceptors (Lipinski definition) is 7. The number of carbonyl (C=O) groups excluding carboxylic acids is 2. The molecule has 1 aromatic heterocycles. The molecular formula is C24H22N2O7. The topological polar surface area (TPSA) is 117 Å². The molecule has 0 aliphatic carbocycles. The van der Waals surface area contributed by atoms with Crippen LogP contribution < -0.4 is 11.2 Å². The maximum absolute atomic E-state index is 13.1. The third-order valence-corrected chi connectivity index (χ3v) is 5.49. The number of ether oxygens (including phenoxy) is 2. The van der Waals surface area contributed by atoms with Crippen LogP contribution in [0.4, 0.5) is 0 Å². The van der Waals surface area contributed by atoms with Crippen LogP contribution in [0.3, 0.4) is 0 Å². The van der Waals surface area contributed by atoms with Crippen LogP contribution in [0.2, 0.25) is 0 Å². The number of cyclic esters (lactones) is 2. The van der Waals surface area contributed by atoms with E-state index >= 15 is 0 Å². The van der Waals surface area contributed by atoms with E-state index in [-0.39, 0.29) is 6.42 Å². The van der Waals surface area contributed by atoms with Gasteiger partial charge < -0.3 is 14.6 Å². The molecule has 0 bridgehead atoms. The molecule has 2 aromatic carbocycles. The van der Waals surface area contributed by atoms with Crippen molar-refractivity contribution in [3.63, 3.8) is 0 Å². The Morgan fingerprint density at radius 2 is 1.55 bits per heavy atom. The zero-order valence-corrected chi connectivity index (χ0v) is 17.9. The van der Waals surface area contributed by atoms with Gasteiger partial charge in [0, 0.05) is 12.8 Å². The molecule has 1 N–H and O–H groups in total. The van der Waals surface area contributed by atoms with E-state index in [9.17, 15) is 24.3 Å². The van der Waals surface area contributed by atoms with Gasteiger partial charge in [0.15, 0.2) is 0 Å². The second-order valence-corrected chi connectivity index (χ2v) is 7.69. The third kappa shape index (κ3) is 4.43. The van der Waals surface area contributed by atoms with Crippen molar-refractivity contribution in [3.05, 3.63) is 87.1 Å². The van der Waals surface area contributed by atoms with Gasteiger partial charge in [-0.25, -0.2) is 13.9 Å². The van der Waals surface area contributed by atoms with E-state index in [1.165, 1.54) is 0 Å². The van der Waals surface area contributed by atoms with Crippen LogP contribution in [0.5, 0.6) is 5.88 Å². The van der Waals surface area contributed by atoms with Crippen molar-refractivity contribution in [2.75, 3.05) is 0 Å². The Morgan fingerprint density at radius 1 is 0.879 bits per heavy atom. The first kappa shape index (κ1) is 22.1. The second kappa shape index (κ2) is 8.78. The summed E-state index contributed by atoms with van der Waals surface area (Å²) in [6.45, 7) is 1.75. The van der Waals surface area contributed by atoms with E-state index in [0.717, 1.165) is 20.8 Å². The molecule has 1 aliphatic heterocycles. The minimum atomic E-state index is -1.34. The van der Waals surface area contributed by atoms with Crippen molar-refractivity contribution in [3.8, 4) is 17.3 Å². The zero-order chi connectivity index (χ0) is 23.6. The molecule has 9 heteroatoms. The maximum atomic E-state index is 13.1. The molecule has 0 radical (unpaired) electrons. The lowest BCUT2D eigenvalue weighted by molar-refractivity contribution is -0.247. The van der Waals surface area contributed by atoms with Crippen LogP contribution in [0.15, 0.2) is 70.3 Å². The monoisotopic (exact) mass is 450 g/mol. The van der Waals surface area contributed by atoms with Gasteiger partial charge in [0.25, 0.3) is 11.3 Å². The molecule has 9 nitrogen and oxygen atoms in total. The van der Waals surface area contributed by atoms with E-state index < -0.39 is 41.3 Å². The van der Waals surface area contributed by atoms with Crippen molar-refractivity contribution in [1.82, 2.24) is 9.13 Å². The number of para-hydroxylation sites is 1. The average molecular weight is 450 g/mol. The summed E-state index contributed by atoms with van der Waals surface area (Å²) in [7, 11) is 0. The van der Waals surface area contributed by atoms with Gasteiger partial charge in [0.2, 0.25) is 5.88 Å². The third-order valence-electron chi connectivity index (χ3n) is 5.49. The summed E-state index contributed by atoms with van der Waals surface area (Å²) in [6.07, 6.45) is 0.475. The Kier molecular flexibility index (Phi) is 5.87. The molecule has 33 heavy (non-hydrogen) atoms. The van der Waals surface area contributed by atoms with Gasteiger partial charge in [-0.15, -0.1) is 0 Å². The number of benzene rings is 2. The predicted octanol–water partition coefficient (Wildman–Crippen LogP) is 2.22. The summed E-state index contributed by atoms with van der Waals surface area (Å²) in [5.74, 6) is -3.05. The Morgan fingerprint density at radius 3 is 2.21 bits per heavy atom. The summed E-state index contributed by atoms with van der Waals surface area (Å²) in [6, 6.07) is 16.2. The number of nitrogens with zero attached hydrogens (tertiary/aromatic N) is 2. The maximum Gasteiger partial charge on any atom is 0.343 e. The predicted molar refractivity (Wildman–Crippen MR) is 117 cm³/mol. The summed E-state index contributed by atoms with van der Waals surface area (Å²) in [4.78, 5) is 49.2. The number of carbonyl (C=O) groups is 2. The van der Waals surface area contributed by atoms with E-state index in [4.69, 9.17) is 9.47 Å². The molecule has 0 saturated carbocycles. The number of aromatic nitrogens is 2.